The molecule has 2 unspecified atom stereocenters. The van der Waals surface area contributed by atoms with Crippen LogP contribution in [0.1, 0.15) is 58.3 Å². The van der Waals surface area contributed by atoms with Gasteiger partial charge in [0.2, 0.25) is 0 Å². The lowest BCUT2D eigenvalue weighted by molar-refractivity contribution is 0.134. The van der Waals surface area contributed by atoms with E-state index in [0.29, 0.717) is 18.0 Å². The molecule has 1 N–H and O–H groups in total. The van der Waals surface area contributed by atoms with E-state index in [1.54, 1.807) is 0 Å². The van der Waals surface area contributed by atoms with Gasteiger partial charge in [0.15, 0.2) is 0 Å². The second-order valence-corrected chi connectivity index (χ2v) is 5.38. The lowest BCUT2D eigenvalue weighted by atomic mass is 10.00. The molecule has 1 aromatic heterocycles. The smallest absolute Gasteiger partial charge is 0.257 e. The summed E-state index contributed by atoms with van der Waals surface area (Å²) in [5.74, 6) is 0.634. The molecule has 0 amide bonds. The Kier molecular flexibility index (Phi) is 4.69. The van der Waals surface area contributed by atoms with E-state index in [-0.39, 0.29) is 0 Å². The summed E-state index contributed by atoms with van der Waals surface area (Å²) in [6, 6.07) is 1.03. The van der Waals surface area contributed by atoms with E-state index in [0.717, 1.165) is 24.2 Å². The maximum atomic E-state index is 4.60. The molecule has 2 heterocycles. The highest BCUT2D eigenvalue weighted by atomic mass is 15.6. The zero-order valence-corrected chi connectivity index (χ0v) is 12.5. The number of nitrogens with zero attached hydrogens (tertiary/aromatic N) is 4. The number of hydrogen-bond acceptors (Lipinski definition) is 5. The van der Waals surface area contributed by atoms with Crippen LogP contribution >= 0.6 is 0 Å². The van der Waals surface area contributed by atoms with Crippen LogP contribution in [0, 0.1) is 0 Å². The predicted octanol–water partition coefficient (Wildman–Crippen LogP) is 2.59. The Labute approximate surface area is 115 Å². The summed E-state index contributed by atoms with van der Waals surface area (Å²) in [6.45, 7) is 8.69. The third-order valence-electron chi connectivity index (χ3n) is 3.93. The first kappa shape index (κ1) is 14.2. The van der Waals surface area contributed by atoms with Crippen LogP contribution in [0.5, 0.6) is 0 Å². The van der Waals surface area contributed by atoms with Gasteiger partial charge in [0.1, 0.15) is 0 Å². The van der Waals surface area contributed by atoms with E-state index in [1.165, 1.54) is 19.3 Å². The summed E-state index contributed by atoms with van der Waals surface area (Å²) in [4.78, 5) is 4.60. The molecule has 1 aromatic rings. The molecule has 2 rings (SSSR count). The molecule has 0 aliphatic carbocycles. The molecule has 0 spiro atoms. The topological polar surface area (TPSA) is 53.9 Å². The van der Waals surface area contributed by atoms with Gasteiger partial charge in [0, 0.05) is 12.1 Å². The van der Waals surface area contributed by atoms with E-state index in [1.807, 2.05) is 0 Å². The van der Waals surface area contributed by atoms with E-state index in [4.69, 9.17) is 0 Å². The van der Waals surface area contributed by atoms with E-state index < -0.39 is 0 Å². The standard InChI is InChI=1S/C14H25N5/c1-5-12-13(6-2)16-17-14(15-12)18-19-10(3)8-7-9-11(19)4/h10-11H,5-9H2,1-4H3,(H,15,17,18). The lowest BCUT2D eigenvalue weighted by Crippen LogP contribution is -2.47. The summed E-state index contributed by atoms with van der Waals surface area (Å²) in [6.07, 6.45) is 5.53. The molecule has 5 nitrogen and oxygen atoms in total. The third-order valence-corrected chi connectivity index (χ3v) is 3.93. The Balaban J connectivity index is 2.13. The van der Waals surface area contributed by atoms with Gasteiger partial charge < -0.3 is 0 Å². The Morgan fingerprint density at radius 3 is 2.26 bits per heavy atom. The Bertz CT molecular complexity index is 410. The van der Waals surface area contributed by atoms with Gasteiger partial charge in [-0.2, -0.15) is 0 Å². The van der Waals surface area contributed by atoms with Crippen LogP contribution in [0.2, 0.25) is 0 Å². The molecule has 2 atom stereocenters. The van der Waals surface area contributed by atoms with Crippen molar-refractivity contribution in [3.63, 3.8) is 0 Å². The quantitative estimate of drug-likeness (QED) is 0.905. The number of piperidine rings is 1. The Morgan fingerprint density at radius 2 is 1.68 bits per heavy atom. The number of anilines is 1. The average molecular weight is 263 g/mol. The molecular weight excluding hydrogens is 238 g/mol. The maximum absolute atomic E-state index is 4.60. The molecule has 5 heteroatoms. The molecule has 1 aliphatic rings. The largest absolute Gasteiger partial charge is 0.285 e. The fourth-order valence-electron chi connectivity index (χ4n) is 2.74. The van der Waals surface area contributed by atoms with Gasteiger partial charge in [-0.15, -0.1) is 10.2 Å². The van der Waals surface area contributed by atoms with Gasteiger partial charge in [-0.1, -0.05) is 20.3 Å². The molecule has 1 saturated heterocycles. The fourth-order valence-corrected chi connectivity index (χ4v) is 2.74. The number of aryl methyl sites for hydroxylation is 2. The molecule has 1 fully saturated rings. The first-order valence-corrected chi connectivity index (χ1v) is 7.43. The molecular formula is C14H25N5. The van der Waals surface area contributed by atoms with Crippen LogP contribution in [0.4, 0.5) is 5.95 Å². The van der Waals surface area contributed by atoms with Crippen molar-refractivity contribution >= 4 is 5.95 Å². The summed E-state index contributed by atoms with van der Waals surface area (Å²) < 4.78 is 0. The van der Waals surface area contributed by atoms with Gasteiger partial charge in [0.25, 0.3) is 5.95 Å². The van der Waals surface area contributed by atoms with Crippen LogP contribution in [-0.2, 0) is 12.8 Å². The third kappa shape index (κ3) is 3.21. The van der Waals surface area contributed by atoms with Crippen LogP contribution in [0.15, 0.2) is 0 Å². The predicted molar refractivity (Wildman–Crippen MR) is 76.8 cm³/mol. The SMILES string of the molecule is CCc1nnc(NN2C(C)CCCC2C)nc1CC. The second kappa shape index (κ2) is 6.28. The van der Waals surface area contributed by atoms with Crippen LogP contribution in [-0.4, -0.2) is 32.3 Å². The van der Waals surface area contributed by atoms with E-state index >= 15 is 0 Å². The summed E-state index contributed by atoms with van der Waals surface area (Å²) in [5.41, 5.74) is 5.42. The summed E-state index contributed by atoms with van der Waals surface area (Å²) in [5, 5.41) is 10.8. The summed E-state index contributed by atoms with van der Waals surface area (Å²) >= 11 is 0. The van der Waals surface area contributed by atoms with Crippen molar-refractivity contribution in [2.75, 3.05) is 5.43 Å². The number of hydrazine groups is 1. The monoisotopic (exact) mass is 263 g/mol. The Morgan fingerprint density at radius 1 is 1.05 bits per heavy atom. The number of hydrogen-bond donors (Lipinski definition) is 1. The molecule has 106 valence electrons. The Hall–Kier alpha value is -1.23. The molecule has 0 bridgehead atoms. The number of aromatic nitrogens is 3. The molecule has 0 aromatic carbocycles. The van der Waals surface area contributed by atoms with E-state index in [9.17, 15) is 0 Å². The average Bonchev–Trinajstić information content (AvgIpc) is 2.42. The highest BCUT2D eigenvalue weighted by molar-refractivity contribution is 5.25. The minimum absolute atomic E-state index is 0.517. The van der Waals surface area contributed by atoms with Crippen molar-refractivity contribution < 1.29 is 0 Å². The molecule has 19 heavy (non-hydrogen) atoms. The van der Waals surface area contributed by atoms with Crippen LogP contribution < -0.4 is 5.43 Å². The van der Waals surface area contributed by atoms with Gasteiger partial charge >= 0.3 is 0 Å². The first-order chi connectivity index (χ1) is 9.15. The van der Waals surface area contributed by atoms with Crippen LogP contribution in [0.25, 0.3) is 0 Å². The van der Waals surface area contributed by atoms with Crippen molar-refractivity contribution in [1.82, 2.24) is 20.2 Å². The molecule has 1 aliphatic heterocycles. The van der Waals surface area contributed by atoms with Crippen LogP contribution in [0.3, 0.4) is 0 Å². The molecule has 0 saturated carbocycles. The van der Waals surface area contributed by atoms with Gasteiger partial charge in [-0.25, -0.2) is 9.99 Å². The second-order valence-electron chi connectivity index (χ2n) is 5.38. The number of rotatable bonds is 4. The van der Waals surface area contributed by atoms with Crippen molar-refractivity contribution in [1.29, 1.82) is 0 Å². The maximum Gasteiger partial charge on any atom is 0.257 e. The van der Waals surface area contributed by atoms with Crippen molar-refractivity contribution in [2.24, 2.45) is 0 Å². The van der Waals surface area contributed by atoms with Crippen molar-refractivity contribution in [3.8, 4) is 0 Å². The highest BCUT2D eigenvalue weighted by Gasteiger charge is 2.25. The van der Waals surface area contributed by atoms with Crippen molar-refractivity contribution in [3.05, 3.63) is 11.4 Å². The zero-order valence-electron chi connectivity index (χ0n) is 12.5. The normalized spacial score (nSPS) is 24.4. The minimum Gasteiger partial charge on any atom is -0.285 e. The minimum atomic E-state index is 0.517. The van der Waals surface area contributed by atoms with E-state index in [2.05, 4.69) is 53.3 Å². The number of nitrogens with one attached hydrogen (secondary N) is 1. The van der Waals surface area contributed by atoms with Crippen molar-refractivity contribution in [2.45, 2.75) is 71.9 Å². The van der Waals surface area contributed by atoms with Gasteiger partial charge in [-0.05, 0) is 39.5 Å². The summed E-state index contributed by atoms with van der Waals surface area (Å²) in [7, 11) is 0. The van der Waals surface area contributed by atoms with Gasteiger partial charge in [0.05, 0.1) is 11.4 Å². The lowest BCUT2D eigenvalue weighted by Gasteiger charge is -2.38. The van der Waals surface area contributed by atoms with Gasteiger partial charge in [-0.3, -0.25) is 5.43 Å². The highest BCUT2D eigenvalue weighted by Crippen LogP contribution is 2.22. The molecule has 0 radical (unpaired) electrons. The zero-order chi connectivity index (χ0) is 13.8. The fraction of sp³-hybridized carbons (Fsp3) is 0.786. The first-order valence-electron chi connectivity index (χ1n) is 7.43.